The molecule has 0 saturated heterocycles. The quantitative estimate of drug-likeness (QED) is 0.746. The van der Waals surface area contributed by atoms with Gasteiger partial charge in [0, 0.05) is 32.4 Å². The first-order valence-corrected chi connectivity index (χ1v) is 6.45. The minimum absolute atomic E-state index is 0.116. The number of nitrogens with one attached hydrogen (secondary N) is 1. The second-order valence-electron chi connectivity index (χ2n) is 5.31. The molecular weight excluding hydrogens is 262 g/mol. The van der Waals surface area contributed by atoms with E-state index in [1.807, 2.05) is 13.8 Å². The van der Waals surface area contributed by atoms with Crippen LogP contribution in [0.25, 0.3) is 0 Å². The van der Waals surface area contributed by atoms with Gasteiger partial charge in [-0.15, -0.1) is 0 Å². The van der Waals surface area contributed by atoms with Crippen LogP contribution in [0.15, 0.2) is 15.8 Å². The highest BCUT2D eigenvalue weighted by molar-refractivity contribution is 5.73. The summed E-state index contributed by atoms with van der Waals surface area (Å²) in [6, 6.07) is -0.711. The van der Waals surface area contributed by atoms with Gasteiger partial charge in [-0.1, -0.05) is 13.8 Å². The van der Waals surface area contributed by atoms with Crippen molar-refractivity contribution in [1.82, 2.24) is 14.5 Å². The predicted molar refractivity (Wildman–Crippen MR) is 74.6 cm³/mol. The molecule has 7 heteroatoms. The van der Waals surface area contributed by atoms with E-state index in [2.05, 4.69) is 5.32 Å². The summed E-state index contributed by atoms with van der Waals surface area (Å²) in [7, 11) is 2.95. The number of aromatic nitrogens is 2. The maximum Gasteiger partial charge on any atom is 0.330 e. The molecule has 1 atom stereocenters. The molecule has 0 radical (unpaired) electrons. The first-order valence-electron chi connectivity index (χ1n) is 6.45. The Morgan fingerprint density at radius 3 is 2.45 bits per heavy atom. The van der Waals surface area contributed by atoms with Crippen LogP contribution in [0.4, 0.5) is 0 Å². The van der Waals surface area contributed by atoms with Crippen LogP contribution in [-0.4, -0.2) is 26.3 Å². The van der Waals surface area contributed by atoms with Crippen molar-refractivity contribution in [3.05, 3.63) is 32.6 Å². The number of hydrogen-bond acceptors (Lipinski definition) is 4. The zero-order valence-electron chi connectivity index (χ0n) is 12.2. The third-order valence-electron chi connectivity index (χ3n) is 3.06. The molecule has 0 aliphatic carbocycles. The van der Waals surface area contributed by atoms with E-state index in [4.69, 9.17) is 5.11 Å². The molecular formula is C13H21N3O4. The summed E-state index contributed by atoms with van der Waals surface area (Å²) in [6.45, 7) is 3.98. The van der Waals surface area contributed by atoms with Crippen molar-refractivity contribution >= 4 is 5.97 Å². The Morgan fingerprint density at radius 2 is 1.95 bits per heavy atom. The topological polar surface area (TPSA) is 93.3 Å². The number of aryl methyl sites for hydroxylation is 1. The monoisotopic (exact) mass is 283 g/mol. The van der Waals surface area contributed by atoms with Gasteiger partial charge in [-0.05, 0) is 12.3 Å². The highest BCUT2D eigenvalue weighted by atomic mass is 16.4. The summed E-state index contributed by atoms with van der Waals surface area (Å²) in [5, 5.41) is 12.0. The second kappa shape index (κ2) is 6.51. The van der Waals surface area contributed by atoms with Crippen LogP contribution in [0.5, 0.6) is 0 Å². The van der Waals surface area contributed by atoms with E-state index in [0.29, 0.717) is 12.0 Å². The maximum absolute atomic E-state index is 11.9. The minimum atomic E-state index is -0.944. The lowest BCUT2D eigenvalue weighted by Crippen LogP contribution is -2.42. The highest BCUT2D eigenvalue weighted by Gasteiger charge is 2.19. The minimum Gasteiger partial charge on any atom is -0.480 e. The largest absolute Gasteiger partial charge is 0.480 e. The normalized spacial score (nSPS) is 12.7. The molecule has 0 bridgehead atoms. The molecule has 0 aromatic carbocycles. The molecule has 0 spiro atoms. The van der Waals surface area contributed by atoms with Gasteiger partial charge in [-0.25, -0.2) is 4.79 Å². The van der Waals surface area contributed by atoms with Gasteiger partial charge in [0.05, 0.1) is 0 Å². The van der Waals surface area contributed by atoms with E-state index in [9.17, 15) is 14.4 Å². The Balaban J connectivity index is 2.92. The second-order valence-corrected chi connectivity index (χ2v) is 5.31. The van der Waals surface area contributed by atoms with Crippen LogP contribution in [0.2, 0.25) is 0 Å². The summed E-state index contributed by atoms with van der Waals surface area (Å²) in [5.41, 5.74) is -0.449. The van der Waals surface area contributed by atoms with Crippen molar-refractivity contribution < 1.29 is 9.90 Å². The summed E-state index contributed by atoms with van der Waals surface area (Å²) >= 11 is 0. The summed E-state index contributed by atoms with van der Waals surface area (Å²) in [6.07, 6.45) is 1.91. The summed E-state index contributed by atoms with van der Waals surface area (Å²) in [4.78, 5) is 34.6. The third kappa shape index (κ3) is 3.80. The van der Waals surface area contributed by atoms with E-state index < -0.39 is 23.3 Å². The molecule has 20 heavy (non-hydrogen) atoms. The molecule has 1 heterocycles. The van der Waals surface area contributed by atoms with Gasteiger partial charge in [-0.2, -0.15) is 0 Å². The van der Waals surface area contributed by atoms with Gasteiger partial charge in [0.1, 0.15) is 6.04 Å². The van der Waals surface area contributed by atoms with Gasteiger partial charge in [0.25, 0.3) is 5.56 Å². The Bertz CT molecular complexity index is 601. The lowest BCUT2D eigenvalue weighted by Gasteiger charge is -2.16. The van der Waals surface area contributed by atoms with Gasteiger partial charge in [0.2, 0.25) is 0 Å². The van der Waals surface area contributed by atoms with Crippen molar-refractivity contribution in [3.8, 4) is 0 Å². The maximum atomic E-state index is 11.9. The average molecular weight is 283 g/mol. The van der Waals surface area contributed by atoms with Crippen LogP contribution in [0.3, 0.4) is 0 Å². The average Bonchev–Trinajstić information content (AvgIpc) is 2.36. The SMILES string of the molecule is CC(C)CC(NCc1cn(C)c(=O)n(C)c1=O)C(=O)O. The molecule has 0 aliphatic heterocycles. The van der Waals surface area contributed by atoms with Crippen molar-refractivity contribution in [2.24, 2.45) is 20.0 Å². The molecule has 112 valence electrons. The van der Waals surface area contributed by atoms with E-state index in [0.717, 1.165) is 4.57 Å². The summed E-state index contributed by atoms with van der Waals surface area (Å²) in [5.74, 6) is -0.716. The number of carboxylic acid groups (broad SMARTS) is 1. The van der Waals surface area contributed by atoms with Gasteiger partial charge < -0.3 is 15.0 Å². The number of hydrogen-bond donors (Lipinski definition) is 2. The van der Waals surface area contributed by atoms with E-state index >= 15 is 0 Å². The molecule has 2 N–H and O–H groups in total. The molecule has 7 nitrogen and oxygen atoms in total. The molecule has 1 rings (SSSR count). The van der Waals surface area contributed by atoms with E-state index in [1.165, 1.54) is 17.8 Å². The fraction of sp³-hybridized carbons (Fsp3) is 0.615. The van der Waals surface area contributed by atoms with Crippen LogP contribution in [0.1, 0.15) is 25.8 Å². The highest BCUT2D eigenvalue weighted by Crippen LogP contribution is 2.05. The molecule has 0 aliphatic rings. The van der Waals surface area contributed by atoms with Crippen molar-refractivity contribution in [2.75, 3.05) is 0 Å². The van der Waals surface area contributed by atoms with Crippen LogP contribution in [-0.2, 0) is 25.4 Å². The Hall–Kier alpha value is -1.89. The number of carbonyl (C=O) groups is 1. The first-order chi connectivity index (χ1) is 9.23. The number of nitrogens with zero attached hydrogens (tertiary/aromatic N) is 2. The smallest absolute Gasteiger partial charge is 0.330 e. The zero-order valence-corrected chi connectivity index (χ0v) is 12.2. The predicted octanol–water partition coefficient (Wildman–Crippen LogP) is -0.327. The Morgan fingerprint density at radius 1 is 1.35 bits per heavy atom. The fourth-order valence-corrected chi connectivity index (χ4v) is 1.98. The molecule has 1 aromatic heterocycles. The number of aliphatic carboxylic acids is 1. The van der Waals surface area contributed by atoms with E-state index in [1.54, 1.807) is 7.05 Å². The Kier molecular flexibility index (Phi) is 5.26. The van der Waals surface area contributed by atoms with Crippen molar-refractivity contribution in [3.63, 3.8) is 0 Å². The third-order valence-corrected chi connectivity index (χ3v) is 3.06. The molecule has 0 saturated carbocycles. The Labute approximate surface area is 116 Å². The van der Waals surface area contributed by atoms with Gasteiger partial charge >= 0.3 is 11.7 Å². The lowest BCUT2D eigenvalue weighted by atomic mass is 10.0. The number of carboxylic acids is 1. The van der Waals surface area contributed by atoms with Crippen LogP contribution < -0.4 is 16.6 Å². The zero-order chi connectivity index (χ0) is 15.4. The number of rotatable bonds is 6. The molecule has 0 amide bonds. The molecule has 1 aromatic rings. The van der Waals surface area contributed by atoms with Crippen LogP contribution in [0, 0.1) is 5.92 Å². The standard InChI is InChI=1S/C13H21N3O4/c1-8(2)5-10(12(18)19)14-6-9-7-15(3)13(20)16(4)11(9)17/h7-8,10,14H,5-6H2,1-4H3,(H,18,19). The summed E-state index contributed by atoms with van der Waals surface area (Å²) < 4.78 is 2.31. The van der Waals surface area contributed by atoms with Gasteiger partial charge in [0.15, 0.2) is 0 Å². The van der Waals surface area contributed by atoms with Crippen molar-refractivity contribution in [1.29, 1.82) is 0 Å². The van der Waals surface area contributed by atoms with Crippen LogP contribution >= 0.6 is 0 Å². The molecule has 1 unspecified atom stereocenters. The fourth-order valence-electron chi connectivity index (χ4n) is 1.98. The lowest BCUT2D eigenvalue weighted by molar-refractivity contribution is -0.140. The van der Waals surface area contributed by atoms with Crippen molar-refractivity contribution in [2.45, 2.75) is 32.9 Å². The van der Waals surface area contributed by atoms with Gasteiger partial charge in [-0.3, -0.25) is 14.2 Å². The van der Waals surface area contributed by atoms with E-state index in [-0.39, 0.29) is 12.5 Å². The molecule has 0 fully saturated rings. The first kappa shape index (κ1) is 16.2.